The molecule has 1 unspecified atom stereocenters. The Balaban J connectivity index is 1.73. The summed E-state index contributed by atoms with van der Waals surface area (Å²) in [6.45, 7) is 0.944. The minimum atomic E-state index is 0.434. The molecular formula is C13H15N3OS. The predicted molar refractivity (Wildman–Crippen MR) is 72.9 cm³/mol. The standard InChI is InChI=1S/C13H15N3OS/c1-18-8-12-15-13(17-16-12)6-9-7-14-11-5-3-2-4-10(9)11/h2-5,9,14H,6-8H2,1H3. The van der Waals surface area contributed by atoms with Crippen LogP contribution in [0.4, 0.5) is 5.69 Å². The highest BCUT2D eigenvalue weighted by Crippen LogP contribution is 2.32. The van der Waals surface area contributed by atoms with Crippen LogP contribution >= 0.6 is 11.8 Å². The van der Waals surface area contributed by atoms with Crippen LogP contribution in [0.2, 0.25) is 0 Å². The fourth-order valence-electron chi connectivity index (χ4n) is 2.31. The van der Waals surface area contributed by atoms with Gasteiger partial charge in [-0.1, -0.05) is 23.4 Å². The lowest BCUT2D eigenvalue weighted by Crippen LogP contribution is -2.05. The fourth-order valence-corrected chi connectivity index (χ4v) is 2.69. The highest BCUT2D eigenvalue weighted by Gasteiger charge is 2.23. The second kappa shape index (κ2) is 5.02. The largest absolute Gasteiger partial charge is 0.384 e. The van der Waals surface area contributed by atoms with E-state index in [0.29, 0.717) is 5.92 Å². The van der Waals surface area contributed by atoms with Gasteiger partial charge in [0.05, 0.1) is 5.75 Å². The molecule has 0 saturated heterocycles. The van der Waals surface area contributed by atoms with Crippen molar-refractivity contribution in [3.8, 4) is 0 Å². The van der Waals surface area contributed by atoms with E-state index in [1.54, 1.807) is 11.8 Å². The summed E-state index contributed by atoms with van der Waals surface area (Å²) in [5.41, 5.74) is 2.58. The molecule has 0 aliphatic carbocycles. The van der Waals surface area contributed by atoms with Gasteiger partial charge in [0.1, 0.15) is 0 Å². The molecule has 18 heavy (non-hydrogen) atoms. The van der Waals surface area contributed by atoms with Crippen molar-refractivity contribution in [2.24, 2.45) is 0 Å². The molecule has 1 aromatic carbocycles. The Morgan fingerprint density at radius 1 is 1.44 bits per heavy atom. The van der Waals surface area contributed by atoms with E-state index < -0.39 is 0 Å². The van der Waals surface area contributed by atoms with Crippen LogP contribution < -0.4 is 5.32 Å². The first-order valence-electron chi connectivity index (χ1n) is 6.00. The number of aromatic nitrogens is 2. The van der Waals surface area contributed by atoms with Crippen molar-refractivity contribution in [2.45, 2.75) is 18.1 Å². The molecule has 4 nitrogen and oxygen atoms in total. The average Bonchev–Trinajstić information content (AvgIpc) is 2.99. The number of thioether (sulfide) groups is 1. The molecule has 2 aromatic rings. The highest BCUT2D eigenvalue weighted by molar-refractivity contribution is 7.97. The molecular weight excluding hydrogens is 246 g/mol. The number of para-hydroxylation sites is 1. The van der Waals surface area contributed by atoms with Crippen LogP contribution in [0.3, 0.4) is 0 Å². The lowest BCUT2D eigenvalue weighted by atomic mass is 9.98. The van der Waals surface area contributed by atoms with Crippen LogP contribution in [-0.2, 0) is 12.2 Å². The summed E-state index contributed by atoms with van der Waals surface area (Å²) in [7, 11) is 0. The number of hydrogen-bond donors (Lipinski definition) is 1. The zero-order chi connectivity index (χ0) is 12.4. The van der Waals surface area contributed by atoms with E-state index in [4.69, 9.17) is 4.52 Å². The summed E-state index contributed by atoms with van der Waals surface area (Å²) in [6, 6.07) is 8.41. The van der Waals surface area contributed by atoms with E-state index in [9.17, 15) is 0 Å². The SMILES string of the molecule is CSCc1noc(CC2CNc3ccccc32)n1. The molecule has 0 saturated carbocycles. The summed E-state index contributed by atoms with van der Waals surface area (Å²) >= 11 is 1.70. The van der Waals surface area contributed by atoms with Crippen molar-refractivity contribution in [3.05, 3.63) is 41.5 Å². The summed E-state index contributed by atoms with van der Waals surface area (Å²) in [5, 5.41) is 7.39. The van der Waals surface area contributed by atoms with Crippen molar-refractivity contribution >= 4 is 17.4 Å². The third kappa shape index (κ3) is 2.22. The van der Waals surface area contributed by atoms with Crippen LogP contribution in [0, 0.1) is 0 Å². The summed E-state index contributed by atoms with van der Waals surface area (Å²) in [4.78, 5) is 4.41. The number of nitrogens with one attached hydrogen (secondary N) is 1. The lowest BCUT2D eigenvalue weighted by Gasteiger charge is -2.05. The average molecular weight is 261 g/mol. The van der Waals surface area contributed by atoms with Crippen LogP contribution in [0.25, 0.3) is 0 Å². The van der Waals surface area contributed by atoms with Gasteiger partial charge in [-0.2, -0.15) is 16.7 Å². The first kappa shape index (κ1) is 11.6. The second-order valence-corrected chi connectivity index (χ2v) is 5.27. The summed E-state index contributed by atoms with van der Waals surface area (Å²) in [6.07, 6.45) is 2.85. The number of benzene rings is 1. The van der Waals surface area contributed by atoms with E-state index in [2.05, 4.69) is 39.7 Å². The monoisotopic (exact) mass is 261 g/mol. The number of anilines is 1. The molecule has 0 fully saturated rings. The van der Waals surface area contributed by atoms with E-state index >= 15 is 0 Å². The zero-order valence-electron chi connectivity index (χ0n) is 10.2. The van der Waals surface area contributed by atoms with Crippen molar-refractivity contribution in [1.82, 2.24) is 10.1 Å². The van der Waals surface area contributed by atoms with Crippen molar-refractivity contribution in [1.29, 1.82) is 0 Å². The maximum atomic E-state index is 5.29. The molecule has 1 aliphatic rings. The van der Waals surface area contributed by atoms with Gasteiger partial charge < -0.3 is 9.84 Å². The number of hydrogen-bond acceptors (Lipinski definition) is 5. The quantitative estimate of drug-likeness (QED) is 0.917. The molecule has 1 N–H and O–H groups in total. The summed E-state index contributed by atoms with van der Waals surface area (Å²) < 4.78 is 5.29. The van der Waals surface area contributed by atoms with Gasteiger partial charge in [0.15, 0.2) is 5.82 Å². The molecule has 5 heteroatoms. The van der Waals surface area contributed by atoms with E-state index in [0.717, 1.165) is 30.4 Å². The van der Waals surface area contributed by atoms with Gasteiger partial charge in [-0.3, -0.25) is 0 Å². The molecule has 0 spiro atoms. The Labute approximate surface area is 110 Å². The minimum Gasteiger partial charge on any atom is -0.384 e. The molecule has 2 heterocycles. The van der Waals surface area contributed by atoms with Crippen LogP contribution in [0.5, 0.6) is 0 Å². The Kier molecular flexibility index (Phi) is 3.23. The Morgan fingerprint density at radius 3 is 3.22 bits per heavy atom. The third-order valence-electron chi connectivity index (χ3n) is 3.14. The number of nitrogens with zero attached hydrogens (tertiary/aromatic N) is 2. The fraction of sp³-hybridized carbons (Fsp3) is 0.385. The van der Waals surface area contributed by atoms with Gasteiger partial charge in [-0.15, -0.1) is 0 Å². The first-order valence-corrected chi connectivity index (χ1v) is 7.39. The molecule has 1 aliphatic heterocycles. The van der Waals surface area contributed by atoms with Crippen LogP contribution in [0.1, 0.15) is 23.2 Å². The van der Waals surface area contributed by atoms with Gasteiger partial charge in [0, 0.05) is 24.6 Å². The zero-order valence-corrected chi connectivity index (χ0v) is 11.0. The molecule has 3 rings (SSSR count). The number of rotatable bonds is 4. The lowest BCUT2D eigenvalue weighted by molar-refractivity contribution is 0.368. The maximum absolute atomic E-state index is 5.29. The van der Waals surface area contributed by atoms with E-state index in [-0.39, 0.29) is 0 Å². The topological polar surface area (TPSA) is 51.0 Å². The molecule has 0 bridgehead atoms. The second-order valence-electron chi connectivity index (χ2n) is 4.41. The molecule has 1 atom stereocenters. The molecule has 1 aromatic heterocycles. The van der Waals surface area contributed by atoms with Gasteiger partial charge in [0.25, 0.3) is 0 Å². The number of fused-ring (bicyclic) bond motifs is 1. The van der Waals surface area contributed by atoms with Gasteiger partial charge >= 0.3 is 0 Å². The minimum absolute atomic E-state index is 0.434. The third-order valence-corrected chi connectivity index (χ3v) is 3.69. The van der Waals surface area contributed by atoms with Gasteiger partial charge in [0.2, 0.25) is 5.89 Å². The van der Waals surface area contributed by atoms with Crippen LogP contribution in [0.15, 0.2) is 28.8 Å². The highest BCUT2D eigenvalue weighted by atomic mass is 32.2. The normalized spacial score (nSPS) is 17.5. The Morgan fingerprint density at radius 2 is 2.33 bits per heavy atom. The van der Waals surface area contributed by atoms with Crippen molar-refractivity contribution in [2.75, 3.05) is 18.1 Å². The van der Waals surface area contributed by atoms with Gasteiger partial charge in [-0.25, -0.2) is 0 Å². The maximum Gasteiger partial charge on any atom is 0.227 e. The predicted octanol–water partition coefficient (Wildman–Crippen LogP) is 2.68. The van der Waals surface area contributed by atoms with Crippen molar-refractivity contribution in [3.63, 3.8) is 0 Å². The smallest absolute Gasteiger partial charge is 0.227 e. The Bertz CT molecular complexity index is 541. The summed E-state index contributed by atoms with van der Waals surface area (Å²) in [5.74, 6) is 2.77. The van der Waals surface area contributed by atoms with Crippen molar-refractivity contribution < 1.29 is 4.52 Å². The van der Waals surface area contributed by atoms with E-state index in [1.807, 2.05) is 6.26 Å². The van der Waals surface area contributed by atoms with Crippen LogP contribution in [-0.4, -0.2) is 22.9 Å². The molecule has 0 radical (unpaired) electrons. The molecule has 0 amide bonds. The first-order chi connectivity index (χ1) is 8.86. The molecule has 94 valence electrons. The Hall–Kier alpha value is -1.49. The van der Waals surface area contributed by atoms with Gasteiger partial charge in [-0.05, 0) is 17.9 Å². The van der Waals surface area contributed by atoms with E-state index in [1.165, 1.54) is 11.3 Å².